The standard InChI is InChI=1S/C23H36N4O3/c1-17-8-9-19(21(14-17)30-20-10-13-29-16-20)15-27-23(24-2)26-12-11-25-22(28)18-6-4-3-5-7-18/h8-9,14,18,20H,3-7,10-13,15-16H2,1-2H3,(H,25,28)(H2,24,26,27). The van der Waals surface area contributed by atoms with Gasteiger partial charge in [-0.05, 0) is 31.4 Å². The summed E-state index contributed by atoms with van der Waals surface area (Å²) in [6, 6.07) is 6.25. The molecule has 7 nitrogen and oxygen atoms in total. The van der Waals surface area contributed by atoms with E-state index in [9.17, 15) is 4.79 Å². The molecule has 0 spiro atoms. The monoisotopic (exact) mass is 416 g/mol. The van der Waals surface area contributed by atoms with Crippen molar-refractivity contribution in [1.82, 2.24) is 16.0 Å². The zero-order chi connectivity index (χ0) is 21.2. The molecule has 30 heavy (non-hydrogen) atoms. The van der Waals surface area contributed by atoms with Gasteiger partial charge in [-0.3, -0.25) is 9.79 Å². The predicted molar refractivity (Wildman–Crippen MR) is 119 cm³/mol. The maximum Gasteiger partial charge on any atom is 0.223 e. The lowest BCUT2D eigenvalue weighted by atomic mass is 9.89. The normalized spacial score (nSPS) is 20.1. The van der Waals surface area contributed by atoms with Gasteiger partial charge < -0.3 is 25.4 Å². The Kier molecular flexibility index (Phi) is 8.81. The first-order valence-electron chi connectivity index (χ1n) is 11.2. The summed E-state index contributed by atoms with van der Waals surface area (Å²) >= 11 is 0. The van der Waals surface area contributed by atoms with Crippen LogP contribution in [-0.2, 0) is 16.1 Å². The predicted octanol–water partition coefficient (Wildman–Crippen LogP) is 2.52. The minimum atomic E-state index is 0.121. The Bertz CT molecular complexity index is 710. The Morgan fingerprint density at radius 1 is 1.13 bits per heavy atom. The highest BCUT2D eigenvalue weighted by molar-refractivity contribution is 5.80. The zero-order valence-electron chi connectivity index (χ0n) is 18.3. The van der Waals surface area contributed by atoms with Crippen LogP contribution in [0.15, 0.2) is 23.2 Å². The highest BCUT2D eigenvalue weighted by Crippen LogP contribution is 2.24. The number of aliphatic imine (C=N–C) groups is 1. The third-order valence-corrected chi connectivity index (χ3v) is 5.77. The smallest absolute Gasteiger partial charge is 0.223 e. The molecular weight excluding hydrogens is 380 g/mol. The van der Waals surface area contributed by atoms with Gasteiger partial charge >= 0.3 is 0 Å². The van der Waals surface area contributed by atoms with E-state index in [1.165, 1.54) is 24.8 Å². The molecule has 2 fully saturated rings. The molecule has 3 rings (SSSR count). The van der Waals surface area contributed by atoms with Crippen LogP contribution in [-0.4, -0.2) is 51.3 Å². The van der Waals surface area contributed by atoms with Crippen molar-refractivity contribution in [2.45, 2.75) is 58.1 Å². The van der Waals surface area contributed by atoms with E-state index >= 15 is 0 Å². The molecule has 0 radical (unpaired) electrons. The van der Waals surface area contributed by atoms with Crippen molar-refractivity contribution >= 4 is 11.9 Å². The molecule has 1 amide bonds. The van der Waals surface area contributed by atoms with Gasteiger partial charge in [-0.2, -0.15) is 0 Å². The van der Waals surface area contributed by atoms with E-state index in [2.05, 4.69) is 46.1 Å². The topological polar surface area (TPSA) is 84.0 Å². The first kappa shape index (κ1) is 22.4. The number of hydrogen-bond acceptors (Lipinski definition) is 4. The van der Waals surface area contributed by atoms with Crippen LogP contribution in [0.3, 0.4) is 0 Å². The van der Waals surface area contributed by atoms with Crippen molar-refractivity contribution in [1.29, 1.82) is 0 Å². The van der Waals surface area contributed by atoms with Gasteiger partial charge in [0, 0.05) is 44.6 Å². The van der Waals surface area contributed by atoms with Gasteiger partial charge in [0.2, 0.25) is 5.91 Å². The van der Waals surface area contributed by atoms with Crippen molar-refractivity contribution in [2.75, 3.05) is 33.4 Å². The highest BCUT2D eigenvalue weighted by atomic mass is 16.5. The lowest BCUT2D eigenvalue weighted by molar-refractivity contribution is -0.125. The fraction of sp³-hybridized carbons (Fsp3) is 0.652. The van der Waals surface area contributed by atoms with Crippen molar-refractivity contribution in [3.05, 3.63) is 29.3 Å². The minimum absolute atomic E-state index is 0.121. The summed E-state index contributed by atoms with van der Waals surface area (Å²) in [6.07, 6.45) is 6.70. The average Bonchev–Trinajstić information content (AvgIpc) is 3.28. The lowest BCUT2D eigenvalue weighted by Crippen LogP contribution is -2.42. The summed E-state index contributed by atoms with van der Waals surface area (Å²) in [5, 5.41) is 9.65. The second-order valence-corrected chi connectivity index (χ2v) is 8.19. The molecule has 1 aliphatic heterocycles. The summed E-state index contributed by atoms with van der Waals surface area (Å²) in [6.45, 7) is 5.31. The summed E-state index contributed by atoms with van der Waals surface area (Å²) in [4.78, 5) is 16.5. The molecule has 0 aromatic heterocycles. The Balaban J connectivity index is 1.42. The van der Waals surface area contributed by atoms with Crippen LogP contribution in [0.2, 0.25) is 0 Å². The van der Waals surface area contributed by atoms with Gasteiger partial charge in [0.05, 0.1) is 13.2 Å². The third-order valence-electron chi connectivity index (χ3n) is 5.77. The van der Waals surface area contributed by atoms with Crippen molar-refractivity contribution in [2.24, 2.45) is 10.9 Å². The van der Waals surface area contributed by atoms with Gasteiger partial charge in [-0.15, -0.1) is 0 Å². The lowest BCUT2D eigenvalue weighted by Gasteiger charge is -2.21. The van der Waals surface area contributed by atoms with Gasteiger partial charge in [0.15, 0.2) is 5.96 Å². The van der Waals surface area contributed by atoms with Gasteiger partial charge in [-0.25, -0.2) is 0 Å². The van der Waals surface area contributed by atoms with Gasteiger partial charge in [0.25, 0.3) is 0 Å². The zero-order valence-corrected chi connectivity index (χ0v) is 18.3. The molecule has 1 aromatic rings. The Morgan fingerprint density at radius 3 is 2.67 bits per heavy atom. The molecule has 0 bridgehead atoms. The molecule has 1 aliphatic carbocycles. The number of nitrogens with zero attached hydrogens (tertiary/aromatic N) is 1. The quantitative estimate of drug-likeness (QED) is 0.345. The molecule has 1 unspecified atom stereocenters. The SMILES string of the molecule is CN=C(NCCNC(=O)C1CCCCC1)NCc1ccc(C)cc1OC1CCOC1. The van der Waals surface area contributed by atoms with Crippen LogP contribution in [0.5, 0.6) is 5.75 Å². The molecule has 2 aliphatic rings. The van der Waals surface area contributed by atoms with E-state index < -0.39 is 0 Å². The maximum atomic E-state index is 12.2. The first-order chi connectivity index (χ1) is 14.7. The molecule has 1 atom stereocenters. The number of nitrogens with one attached hydrogen (secondary N) is 3. The van der Waals surface area contributed by atoms with Crippen LogP contribution >= 0.6 is 0 Å². The van der Waals surface area contributed by atoms with E-state index in [4.69, 9.17) is 9.47 Å². The maximum absolute atomic E-state index is 12.2. The Labute approximate surface area is 180 Å². The van der Waals surface area contributed by atoms with Crippen LogP contribution < -0.4 is 20.7 Å². The molecular formula is C23H36N4O3. The molecule has 1 heterocycles. The Hall–Kier alpha value is -2.28. The number of benzene rings is 1. The second kappa shape index (κ2) is 11.8. The number of guanidine groups is 1. The number of amides is 1. The van der Waals surface area contributed by atoms with Crippen LogP contribution in [0.25, 0.3) is 0 Å². The first-order valence-corrected chi connectivity index (χ1v) is 11.2. The molecule has 7 heteroatoms. The van der Waals surface area contributed by atoms with Crippen molar-refractivity contribution in [3.63, 3.8) is 0 Å². The number of carbonyl (C=O) groups is 1. The average molecular weight is 417 g/mol. The van der Waals surface area contributed by atoms with Crippen molar-refractivity contribution in [3.8, 4) is 5.75 Å². The minimum Gasteiger partial charge on any atom is -0.488 e. The van der Waals surface area contributed by atoms with Gasteiger partial charge in [-0.1, -0.05) is 31.4 Å². The second-order valence-electron chi connectivity index (χ2n) is 8.19. The number of rotatable bonds is 8. The molecule has 3 N–H and O–H groups in total. The number of carbonyl (C=O) groups excluding carboxylic acids is 1. The molecule has 166 valence electrons. The fourth-order valence-electron chi connectivity index (χ4n) is 3.98. The summed E-state index contributed by atoms with van der Waals surface area (Å²) in [7, 11) is 1.75. The van der Waals surface area contributed by atoms with Crippen molar-refractivity contribution < 1.29 is 14.3 Å². The number of aryl methyl sites for hydroxylation is 1. The van der Waals surface area contributed by atoms with E-state index in [1.54, 1.807) is 7.05 Å². The van der Waals surface area contributed by atoms with Crippen LogP contribution in [0.1, 0.15) is 49.7 Å². The molecule has 1 aromatic carbocycles. The summed E-state index contributed by atoms with van der Waals surface area (Å²) in [5.74, 6) is 1.99. The van der Waals surface area contributed by atoms with E-state index in [0.717, 1.165) is 37.2 Å². The Morgan fingerprint density at radius 2 is 1.93 bits per heavy atom. The van der Waals surface area contributed by atoms with E-state index in [1.807, 2.05) is 0 Å². The third kappa shape index (κ3) is 6.90. The van der Waals surface area contributed by atoms with E-state index in [0.29, 0.717) is 32.2 Å². The van der Waals surface area contributed by atoms with Crippen LogP contribution in [0, 0.1) is 12.8 Å². The van der Waals surface area contributed by atoms with Gasteiger partial charge in [0.1, 0.15) is 11.9 Å². The van der Waals surface area contributed by atoms with Crippen LogP contribution in [0.4, 0.5) is 0 Å². The molecule has 1 saturated heterocycles. The fourth-order valence-corrected chi connectivity index (χ4v) is 3.98. The van der Waals surface area contributed by atoms with E-state index in [-0.39, 0.29) is 17.9 Å². The number of hydrogen-bond donors (Lipinski definition) is 3. The summed E-state index contributed by atoms with van der Waals surface area (Å²) in [5.41, 5.74) is 2.25. The summed E-state index contributed by atoms with van der Waals surface area (Å²) < 4.78 is 11.6. The highest BCUT2D eigenvalue weighted by Gasteiger charge is 2.20. The number of ether oxygens (including phenoxy) is 2. The molecule has 1 saturated carbocycles. The largest absolute Gasteiger partial charge is 0.488 e.